The maximum Gasteiger partial charge on any atom is 0.260 e. The molecule has 3 aliphatic carbocycles. The van der Waals surface area contributed by atoms with Crippen molar-refractivity contribution in [3.05, 3.63) is 71.8 Å². The largest absolute Gasteiger partial charge is 0.507 e. The molecule has 12 nitrogen and oxygen atoms in total. The van der Waals surface area contributed by atoms with Crippen molar-refractivity contribution in [3.63, 3.8) is 0 Å². The molecule has 1 aromatic heterocycles. The van der Waals surface area contributed by atoms with Crippen LogP contribution in [-0.2, 0) is 21.4 Å². The van der Waals surface area contributed by atoms with Crippen LogP contribution in [-0.4, -0.2) is 63.4 Å². The van der Waals surface area contributed by atoms with E-state index in [1.54, 1.807) is 6.07 Å². The highest BCUT2D eigenvalue weighted by atomic mass is 79.9. The molecule has 6 rings (SSSR count). The number of aromatic hydroxyl groups is 3. The summed E-state index contributed by atoms with van der Waals surface area (Å²) in [6.45, 7) is 2.52. The number of unbranched alkanes of at least 4 members (excludes halogenated alkanes) is 3. The number of aromatic nitrogens is 1. The molecule has 3 aromatic rings. The van der Waals surface area contributed by atoms with Crippen molar-refractivity contribution in [2.45, 2.75) is 50.9 Å². The number of carbonyl (C=O) groups excluding carboxylic acids is 4. The predicted octanol–water partition coefficient (Wildman–Crippen LogP) is 4.51. The van der Waals surface area contributed by atoms with Gasteiger partial charge < -0.3 is 29.9 Å². The number of phenols is 3. The molecule has 0 amide bonds. The van der Waals surface area contributed by atoms with E-state index in [9.17, 15) is 39.3 Å². The number of oxime groups is 1. The number of methoxy groups -OCH3 is 1. The van der Waals surface area contributed by atoms with Crippen LogP contribution in [0.1, 0.15) is 97.3 Å². The number of nitrogens with zero attached hydrogens (tertiary/aromatic N) is 1. The molecule has 0 unspecified atom stereocenters. The van der Waals surface area contributed by atoms with Crippen LogP contribution in [0.2, 0.25) is 0 Å². The average molecular weight is 679 g/mol. The van der Waals surface area contributed by atoms with Gasteiger partial charge in [0, 0.05) is 21.5 Å². The lowest BCUT2D eigenvalue weighted by Gasteiger charge is -2.23. The summed E-state index contributed by atoms with van der Waals surface area (Å²) in [5.74, 6) is -6.74. The van der Waals surface area contributed by atoms with Crippen molar-refractivity contribution in [1.29, 1.82) is 0 Å². The zero-order valence-electron chi connectivity index (χ0n) is 24.2. The number of H-pyrrole nitrogens is 1. The van der Waals surface area contributed by atoms with Crippen LogP contribution in [0.25, 0.3) is 10.8 Å². The Hall–Kier alpha value is -4.78. The zero-order chi connectivity index (χ0) is 32.4. The Labute approximate surface area is 263 Å². The van der Waals surface area contributed by atoms with Gasteiger partial charge in [0.05, 0.1) is 46.7 Å². The summed E-state index contributed by atoms with van der Waals surface area (Å²) >= 11 is 3.50. The lowest BCUT2D eigenvalue weighted by molar-refractivity contribution is 0.0790. The number of hydrogen-bond donors (Lipinski definition) is 4. The molecule has 1 heterocycles. The fraction of sp³-hybridized carbons (Fsp3) is 0.312. The second-order valence-electron chi connectivity index (χ2n) is 11.2. The van der Waals surface area contributed by atoms with E-state index in [1.165, 1.54) is 6.21 Å². The Morgan fingerprint density at radius 3 is 2.33 bits per heavy atom. The second-order valence-corrected chi connectivity index (χ2v) is 11.9. The molecular formula is C32H27BrN2O10. The van der Waals surface area contributed by atoms with E-state index in [0.29, 0.717) is 22.0 Å². The van der Waals surface area contributed by atoms with Crippen LogP contribution in [0.3, 0.4) is 0 Å². The molecule has 0 bridgehead atoms. The molecule has 1 spiro atoms. The first-order valence-corrected chi connectivity index (χ1v) is 15.1. The van der Waals surface area contributed by atoms with Crippen molar-refractivity contribution in [2.24, 2.45) is 5.16 Å². The van der Waals surface area contributed by atoms with Crippen molar-refractivity contribution < 1.29 is 44.1 Å². The SMILES string of the molecule is CCCCCCO/N=C/c1cc2c(Br)c3c(c(O)c2c(=O)[nH]1)[C@@]1(CC3)C(=O)c2c(O)c3c(c(O)c2C1=O)C(=O)C(OC)=CC3=O. The quantitative estimate of drug-likeness (QED) is 0.0866. The number of hydrogen-bond acceptors (Lipinski definition) is 11. The summed E-state index contributed by atoms with van der Waals surface area (Å²) in [7, 11) is 1.14. The Bertz CT molecular complexity index is 2010. The van der Waals surface area contributed by atoms with Crippen molar-refractivity contribution in [3.8, 4) is 17.2 Å². The monoisotopic (exact) mass is 678 g/mol. The Morgan fingerprint density at radius 2 is 1.67 bits per heavy atom. The summed E-state index contributed by atoms with van der Waals surface area (Å²) in [5.41, 5.74) is -4.94. The van der Waals surface area contributed by atoms with Gasteiger partial charge >= 0.3 is 0 Å². The summed E-state index contributed by atoms with van der Waals surface area (Å²) in [6, 6.07) is 1.56. The van der Waals surface area contributed by atoms with Gasteiger partial charge in [-0.3, -0.25) is 24.0 Å². The lowest BCUT2D eigenvalue weighted by Crippen LogP contribution is -2.36. The molecule has 0 saturated carbocycles. The highest BCUT2D eigenvalue weighted by Crippen LogP contribution is 2.58. The number of rotatable bonds is 8. The van der Waals surface area contributed by atoms with Crippen LogP contribution in [0.15, 0.2) is 32.3 Å². The molecule has 45 heavy (non-hydrogen) atoms. The summed E-state index contributed by atoms with van der Waals surface area (Å²) < 4.78 is 5.28. The highest BCUT2D eigenvalue weighted by Gasteiger charge is 2.62. The Kier molecular flexibility index (Phi) is 7.39. The lowest BCUT2D eigenvalue weighted by atomic mass is 9.76. The molecule has 4 N–H and O–H groups in total. The minimum absolute atomic E-state index is 0.0937. The van der Waals surface area contributed by atoms with E-state index in [2.05, 4.69) is 33.0 Å². The van der Waals surface area contributed by atoms with Crippen LogP contribution in [0, 0.1) is 0 Å². The number of pyridine rings is 1. The van der Waals surface area contributed by atoms with Gasteiger partial charge in [0.15, 0.2) is 23.1 Å². The van der Waals surface area contributed by atoms with Crippen molar-refractivity contribution >= 4 is 56.0 Å². The van der Waals surface area contributed by atoms with Gasteiger partial charge in [0.25, 0.3) is 5.56 Å². The van der Waals surface area contributed by atoms with E-state index in [1.807, 2.05) is 0 Å². The first kappa shape index (κ1) is 30.3. The molecule has 232 valence electrons. The third kappa shape index (κ3) is 4.16. The van der Waals surface area contributed by atoms with E-state index in [-0.39, 0.29) is 29.5 Å². The van der Waals surface area contributed by atoms with E-state index in [4.69, 9.17) is 9.57 Å². The number of halogens is 1. The number of fused-ring (bicyclic) bond motifs is 5. The third-order valence-electron chi connectivity index (χ3n) is 8.72. The minimum Gasteiger partial charge on any atom is -0.507 e. The third-order valence-corrected chi connectivity index (χ3v) is 9.62. The number of carbonyl (C=O) groups is 4. The molecule has 1 atom stereocenters. The van der Waals surface area contributed by atoms with Gasteiger partial charge in [-0.15, -0.1) is 0 Å². The van der Waals surface area contributed by atoms with E-state index < -0.39 is 79.4 Å². The number of Topliss-reactive ketones (excluding diaryl/α,β-unsaturated/α-hetero) is 3. The number of aromatic amines is 1. The highest BCUT2D eigenvalue weighted by molar-refractivity contribution is 9.10. The van der Waals surface area contributed by atoms with Gasteiger partial charge in [-0.2, -0.15) is 0 Å². The molecular weight excluding hydrogens is 652 g/mol. The standard InChI is InChI=1S/C32H27BrN2O10/c1-3-4-5-6-9-45-34-12-13-10-15-18(31(43)35-13)28(40)23-14(24(15)33)7-8-32(23)29(41)21-22(30(32)42)27(39)20-19(26(21)38)16(36)11-17(44-2)25(20)37/h10-12,38-40H,3-9H2,1-2H3,(H,35,43)/b34-12+/t32-/m0/s1. The average Bonchev–Trinajstić information content (AvgIpc) is 3.52. The number of benzene rings is 2. The van der Waals surface area contributed by atoms with Crippen molar-refractivity contribution in [2.75, 3.05) is 13.7 Å². The second kappa shape index (κ2) is 11.0. The van der Waals surface area contributed by atoms with Gasteiger partial charge in [-0.1, -0.05) is 24.9 Å². The first-order chi connectivity index (χ1) is 21.5. The topological polar surface area (TPSA) is 193 Å². The number of ketones is 4. The minimum atomic E-state index is -2.14. The van der Waals surface area contributed by atoms with Gasteiger partial charge in [-0.05, 0) is 53.2 Å². The molecule has 2 aromatic carbocycles. The van der Waals surface area contributed by atoms with E-state index >= 15 is 0 Å². The molecule has 0 fully saturated rings. The maximum absolute atomic E-state index is 14.2. The van der Waals surface area contributed by atoms with Crippen LogP contribution >= 0.6 is 15.9 Å². The van der Waals surface area contributed by atoms with Crippen LogP contribution < -0.4 is 5.56 Å². The molecule has 0 saturated heterocycles. The van der Waals surface area contributed by atoms with Gasteiger partial charge in [0.2, 0.25) is 5.78 Å². The Balaban J connectivity index is 1.47. The molecule has 0 aliphatic heterocycles. The first-order valence-electron chi connectivity index (χ1n) is 14.3. The predicted molar refractivity (Wildman–Crippen MR) is 164 cm³/mol. The van der Waals surface area contributed by atoms with Crippen molar-refractivity contribution in [1.82, 2.24) is 4.98 Å². The summed E-state index contributed by atoms with van der Waals surface area (Å²) in [5, 5.41) is 37.9. The van der Waals surface area contributed by atoms with E-state index in [0.717, 1.165) is 38.9 Å². The summed E-state index contributed by atoms with van der Waals surface area (Å²) in [4.78, 5) is 75.4. The number of phenolic OH excluding ortho intramolecular Hbond substituents is 3. The van der Waals surface area contributed by atoms with Gasteiger partial charge in [0.1, 0.15) is 29.3 Å². The molecule has 13 heteroatoms. The smallest absolute Gasteiger partial charge is 0.260 e. The number of allylic oxidation sites excluding steroid dienone is 2. The zero-order valence-corrected chi connectivity index (χ0v) is 25.8. The molecule has 3 aliphatic rings. The number of ether oxygens (including phenoxy) is 1. The van der Waals surface area contributed by atoms with Crippen LogP contribution in [0.5, 0.6) is 17.2 Å². The molecule has 0 radical (unpaired) electrons. The maximum atomic E-state index is 14.2. The summed E-state index contributed by atoms with van der Waals surface area (Å²) in [6.07, 6.45) is 6.09. The number of nitrogens with one attached hydrogen (secondary N) is 1. The Morgan fingerprint density at radius 1 is 0.978 bits per heavy atom. The fourth-order valence-corrected chi connectivity index (χ4v) is 7.32. The van der Waals surface area contributed by atoms with Crippen LogP contribution in [0.4, 0.5) is 0 Å². The fourth-order valence-electron chi connectivity index (χ4n) is 6.61. The van der Waals surface area contributed by atoms with Gasteiger partial charge in [-0.25, -0.2) is 0 Å². The normalized spacial score (nSPS) is 18.6.